The zero-order valence-electron chi connectivity index (χ0n) is 18.5. The lowest BCUT2D eigenvalue weighted by atomic mass is 10.0. The Hall–Kier alpha value is -2.34. The number of carbonyl (C=O) groups is 5. The molecular formula is C19H35N5O6S. The van der Waals surface area contributed by atoms with Gasteiger partial charge in [-0.15, -0.1) is 0 Å². The summed E-state index contributed by atoms with van der Waals surface area (Å²) in [4.78, 5) is 59.7. The van der Waals surface area contributed by atoms with E-state index in [1.54, 1.807) is 6.26 Å². The van der Waals surface area contributed by atoms with E-state index in [-0.39, 0.29) is 25.2 Å². The third-order valence-corrected chi connectivity index (χ3v) is 5.00. The maximum atomic E-state index is 12.6. The van der Waals surface area contributed by atoms with E-state index in [1.165, 1.54) is 18.7 Å². The normalized spacial score (nSPS) is 14.8. The number of primary amides is 1. The molecule has 0 aromatic carbocycles. The fourth-order valence-corrected chi connectivity index (χ4v) is 3.09. The van der Waals surface area contributed by atoms with Gasteiger partial charge in [-0.05, 0) is 44.1 Å². The lowest BCUT2D eigenvalue weighted by Gasteiger charge is -2.23. The number of amides is 4. The SMILES string of the molecule is CSCCC(NC(=O)C(CCC(N)=O)NC(=O)C(C)NC(=O)C(N)CC(C)C)C(=O)O. The summed E-state index contributed by atoms with van der Waals surface area (Å²) in [6.07, 6.45) is 2.13. The van der Waals surface area contributed by atoms with Crippen LogP contribution in [0.25, 0.3) is 0 Å². The van der Waals surface area contributed by atoms with Crippen LogP contribution in [0.2, 0.25) is 0 Å². The summed E-state index contributed by atoms with van der Waals surface area (Å²) in [5.41, 5.74) is 10.9. The molecule has 0 aliphatic rings. The number of carboxylic acid groups (broad SMARTS) is 1. The number of carboxylic acids is 1. The largest absolute Gasteiger partial charge is 0.480 e. The van der Waals surface area contributed by atoms with Crippen LogP contribution in [-0.4, -0.2) is 70.9 Å². The van der Waals surface area contributed by atoms with Crippen LogP contribution < -0.4 is 27.4 Å². The topological polar surface area (TPSA) is 194 Å². The molecule has 0 saturated carbocycles. The van der Waals surface area contributed by atoms with E-state index in [1.807, 2.05) is 13.8 Å². The molecule has 4 unspecified atom stereocenters. The second-order valence-electron chi connectivity index (χ2n) is 7.71. The lowest BCUT2D eigenvalue weighted by molar-refractivity contribution is -0.142. The van der Waals surface area contributed by atoms with Crippen molar-refractivity contribution in [2.75, 3.05) is 12.0 Å². The number of nitrogens with two attached hydrogens (primary N) is 2. The second kappa shape index (κ2) is 14.6. The Morgan fingerprint density at radius 2 is 1.48 bits per heavy atom. The minimum absolute atomic E-state index is 0.116. The van der Waals surface area contributed by atoms with Crippen LogP contribution in [-0.2, 0) is 24.0 Å². The average Bonchev–Trinajstić information content (AvgIpc) is 2.66. The number of hydrogen-bond acceptors (Lipinski definition) is 7. The van der Waals surface area contributed by atoms with Gasteiger partial charge in [-0.1, -0.05) is 13.8 Å². The van der Waals surface area contributed by atoms with Crippen LogP contribution in [0.1, 0.15) is 46.5 Å². The molecule has 0 radical (unpaired) electrons. The van der Waals surface area contributed by atoms with Gasteiger partial charge < -0.3 is 32.5 Å². The Morgan fingerprint density at radius 1 is 0.903 bits per heavy atom. The molecule has 0 aliphatic heterocycles. The first-order chi connectivity index (χ1) is 14.4. The first kappa shape index (κ1) is 28.7. The van der Waals surface area contributed by atoms with E-state index in [0.717, 1.165) is 0 Å². The molecular weight excluding hydrogens is 426 g/mol. The summed E-state index contributed by atoms with van der Waals surface area (Å²) in [5, 5.41) is 16.6. The van der Waals surface area contributed by atoms with Crippen LogP contribution in [0, 0.1) is 5.92 Å². The van der Waals surface area contributed by atoms with Crippen LogP contribution in [0.15, 0.2) is 0 Å². The highest BCUT2D eigenvalue weighted by atomic mass is 32.2. The number of rotatable bonds is 15. The molecule has 178 valence electrons. The third-order valence-electron chi connectivity index (χ3n) is 4.35. The third kappa shape index (κ3) is 12.2. The minimum Gasteiger partial charge on any atom is -0.480 e. The lowest BCUT2D eigenvalue weighted by Crippen LogP contribution is -2.56. The van der Waals surface area contributed by atoms with Crippen molar-refractivity contribution in [3.8, 4) is 0 Å². The summed E-state index contributed by atoms with van der Waals surface area (Å²) in [5.74, 6) is -3.11. The summed E-state index contributed by atoms with van der Waals surface area (Å²) in [6, 6.07) is -4.11. The van der Waals surface area contributed by atoms with Gasteiger partial charge in [0.25, 0.3) is 0 Å². The molecule has 11 nitrogen and oxygen atoms in total. The smallest absolute Gasteiger partial charge is 0.326 e. The number of nitrogens with one attached hydrogen (secondary N) is 3. The van der Waals surface area contributed by atoms with Gasteiger partial charge in [0.2, 0.25) is 23.6 Å². The Balaban J connectivity index is 5.13. The molecule has 0 saturated heterocycles. The predicted octanol–water partition coefficient (Wildman–Crippen LogP) is -1.06. The van der Waals surface area contributed by atoms with Gasteiger partial charge in [0.05, 0.1) is 6.04 Å². The van der Waals surface area contributed by atoms with Crippen LogP contribution in [0.3, 0.4) is 0 Å². The molecule has 12 heteroatoms. The monoisotopic (exact) mass is 461 g/mol. The summed E-state index contributed by atoms with van der Waals surface area (Å²) < 4.78 is 0. The quantitative estimate of drug-likeness (QED) is 0.177. The summed E-state index contributed by atoms with van der Waals surface area (Å²) in [7, 11) is 0. The molecule has 0 rings (SSSR count). The molecule has 0 heterocycles. The van der Waals surface area contributed by atoms with E-state index in [2.05, 4.69) is 16.0 Å². The highest BCUT2D eigenvalue weighted by Crippen LogP contribution is 2.05. The zero-order chi connectivity index (χ0) is 24.1. The second-order valence-corrected chi connectivity index (χ2v) is 8.70. The van der Waals surface area contributed by atoms with E-state index in [4.69, 9.17) is 11.5 Å². The highest BCUT2D eigenvalue weighted by molar-refractivity contribution is 7.98. The van der Waals surface area contributed by atoms with Gasteiger partial charge in [0.1, 0.15) is 18.1 Å². The van der Waals surface area contributed by atoms with Crippen molar-refractivity contribution in [1.29, 1.82) is 0 Å². The Morgan fingerprint density at radius 3 is 1.97 bits per heavy atom. The molecule has 0 spiro atoms. The molecule has 4 atom stereocenters. The molecule has 4 amide bonds. The molecule has 0 aromatic heterocycles. The van der Waals surface area contributed by atoms with Gasteiger partial charge in [-0.2, -0.15) is 11.8 Å². The fourth-order valence-electron chi connectivity index (χ4n) is 2.62. The molecule has 0 bridgehead atoms. The standard InChI is InChI=1S/C19H35N5O6S/c1-10(2)9-12(20)17(27)22-11(3)16(26)23-13(5-6-15(21)25)18(28)24-14(19(29)30)7-8-31-4/h10-14H,5-9,20H2,1-4H3,(H2,21,25)(H,22,27)(H,23,26)(H,24,28)(H,29,30). The summed E-state index contributed by atoms with van der Waals surface area (Å²) >= 11 is 1.43. The molecule has 8 N–H and O–H groups in total. The van der Waals surface area contributed by atoms with Gasteiger partial charge in [0, 0.05) is 6.42 Å². The van der Waals surface area contributed by atoms with Gasteiger partial charge in [0.15, 0.2) is 0 Å². The van der Waals surface area contributed by atoms with E-state index in [0.29, 0.717) is 12.2 Å². The molecule has 31 heavy (non-hydrogen) atoms. The molecule has 0 aliphatic carbocycles. The zero-order valence-corrected chi connectivity index (χ0v) is 19.3. The summed E-state index contributed by atoms with van der Waals surface area (Å²) in [6.45, 7) is 5.25. The van der Waals surface area contributed by atoms with Crippen LogP contribution >= 0.6 is 11.8 Å². The van der Waals surface area contributed by atoms with E-state index < -0.39 is 53.8 Å². The number of aliphatic carboxylic acids is 1. The van der Waals surface area contributed by atoms with Gasteiger partial charge in [-0.25, -0.2) is 4.79 Å². The molecule has 0 aromatic rings. The van der Waals surface area contributed by atoms with E-state index in [9.17, 15) is 29.1 Å². The number of thioether (sulfide) groups is 1. The van der Waals surface area contributed by atoms with Crippen molar-refractivity contribution in [1.82, 2.24) is 16.0 Å². The van der Waals surface area contributed by atoms with Gasteiger partial charge in [-0.3, -0.25) is 19.2 Å². The Labute approximate surface area is 186 Å². The van der Waals surface area contributed by atoms with Gasteiger partial charge >= 0.3 is 5.97 Å². The number of carbonyl (C=O) groups excluding carboxylic acids is 4. The highest BCUT2D eigenvalue weighted by Gasteiger charge is 2.29. The maximum Gasteiger partial charge on any atom is 0.326 e. The number of hydrogen-bond donors (Lipinski definition) is 6. The van der Waals surface area contributed by atoms with E-state index >= 15 is 0 Å². The maximum absolute atomic E-state index is 12.6. The fraction of sp³-hybridized carbons (Fsp3) is 0.737. The first-order valence-electron chi connectivity index (χ1n) is 10.1. The molecule has 0 fully saturated rings. The van der Waals surface area contributed by atoms with Crippen LogP contribution in [0.4, 0.5) is 0 Å². The van der Waals surface area contributed by atoms with Crippen molar-refractivity contribution in [3.05, 3.63) is 0 Å². The first-order valence-corrected chi connectivity index (χ1v) is 11.4. The van der Waals surface area contributed by atoms with Crippen LogP contribution in [0.5, 0.6) is 0 Å². The van der Waals surface area contributed by atoms with Crippen molar-refractivity contribution in [2.24, 2.45) is 17.4 Å². The minimum atomic E-state index is -1.21. The Bertz CT molecular complexity index is 645. The van der Waals surface area contributed by atoms with Crippen molar-refractivity contribution in [3.63, 3.8) is 0 Å². The van der Waals surface area contributed by atoms with Crippen molar-refractivity contribution in [2.45, 2.75) is 70.6 Å². The Kier molecular flexibility index (Phi) is 13.5. The van der Waals surface area contributed by atoms with Crippen molar-refractivity contribution >= 4 is 41.4 Å². The average molecular weight is 462 g/mol. The van der Waals surface area contributed by atoms with Crippen molar-refractivity contribution < 1.29 is 29.1 Å². The predicted molar refractivity (Wildman–Crippen MR) is 118 cm³/mol.